The van der Waals surface area contributed by atoms with E-state index in [2.05, 4.69) is 5.10 Å². The third-order valence-electron chi connectivity index (χ3n) is 5.20. The molecule has 162 valence electrons. The number of halogens is 1. The van der Waals surface area contributed by atoms with E-state index in [1.54, 1.807) is 18.2 Å². The second-order valence-corrected chi connectivity index (χ2v) is 7.74. The molecular formula is C24H25ClN2O4. The van der Waals surface area contributed by atoms with E-state index in [4.69, 9.17) is 21.1 Å². The van der Waals surface area contributed by atoms with E-state index in [0.29, 0.717) is 29.2 Å². The average molecular weight is 441 g/mol. The quantitative estimate of drug-likeness (QED) is 0.464. The van der Waals surface area contributed by atoms with E-state index in [1.807, 2.05) is 48.9 Å². The molecule has 0 aliphatic rings. The van der Waals surface area contributed by atoms with Crippen LogP contribution in [0, 0.1) is 6.92 Å². The van der Waals surface area contributed by atoms with Crippen molar-refractivity contribution in [3.63, 3.8) is 0 Å². The van der Waals surface area contributed by atoms with Crippen LogP contribution >= 0.6 is 11.6 Å². The van der Waals surface area contributed by atoms with Crippen molar-refractivity contribution in [1.29, 1.82) is 0 Å². The molecule has 0 aliphatic carbocycles. The highest BCUT2D eigenvalue weighted by atomic mass is 35.5. The molecule has 1 unspecified atom stereocenters. The zero-order valence-electron chi connectivity index (χ0n) is 18.0. The molecule has 0 N–H and O–H groups in total. The smallest absolute Gasteiger partial charge is 0.341 e. The maximum Gasteiger partial charge on any atom is 0.341 e. The van der Waals surface area contributed by atoms with Crippen molar-refractivity contribution in [2.24, 2.45) is 0 Å². The highest BCUT2D eigenvalue weighted by Crippen LogP contribution is 2.27. The number of hydrogen-bond donors (Lipinski definition) is 0. The van der Waals surface area contributed by atoms with Gasteiger partial charge in [0.1, 0.15) is 17.1 Å². The van der Waals surface area contributed by atoms with Crippen molar-refractivity contribution in [2.75, 3.05) is 14.2 Å². The lowest BCUT2D eigenvalue weighted by molar-refractivity contribution is -0.120. The molecule has 31 heavy (non-hydrogen) atoms. The van der Waals surface area contributed by atoms with Gasteiger partial charge >= 0.3 is 5.97 Å². The van der Waals surface area contributed by atoms with Gasteiger partial charge < -0.3 is 9.47 Å². The summed E-state index contributed by atoms with van der Waals surface area (Å²) in [6.07, 6.45) is 0.905. The summed E-state index contributed by atoms with van der Waals surface area (Å²) in [5, 5.41) is 5.18. The Morgan fingerprint density at radius 1 is 1.13 bits per heavy atom. The molecule has 3 rings (SSSR count). The summed E-state index contributed by atoms with van der Waals surface area (Å²) < 4.78 is 11.9. The van der Waals surface area contributed by atoms with Crippen LogP contribution in [0.5, 0.6) is 5.75 Å². The van der Waals surface area contributed by atoms with Crippen molar-refractivity contribution in [2.45, 2.75) is 32.6 Å². The van der Waals surface area contributed by atoms with Crippen LogP contribution in [0.1, 0.15) is 46.6 Å². The van der Waals surface area contributed by atoms with E-state index in [-0.39, 0.29) is 11.7 Å². The lowest BCUT2D eigenvalue weighted by Gasteiger charge is -2.14. The van der Waals surface area contributed by atoms with Gasteiger partial charge in [-0.15, -0.1) is 0 Å². The molecule has 0 saturated heterocycles. The predicted molar refractivity (Wildman–Crippen MR) is 119 cm³/mol. The Labute approximate surface area is 186 Å². The second-order valence-electron chi connectivity index (χ2n) is 7.31. The first-order chi connectivity index (χ1) is 14.8. The van der Waals surface area contributed by atoms with Crippen LogP contribution in [0.15, 0.2) is 48.5 Å². The van der Waals surface area contributed by atoms with Crippen LogP contribution in [0.25, 0.3) is 5.69 Å². The molecule has 0 spiro atoms. The summed E-state index contributed by atoms with van der Waals surface area (Å²) in [5.74, 6) is -0.348. The fourth-order valence-electron chi connectivity index (χ4n) is 3.47. The number of aryl methyl sites for hydroxylation is 2. The summed E-state index contributed by atoms with van der Waals surface area (Å²) >= 11 is 6.12. The molecule has 7 heteroatoms. The van der Waals surface area contributed by atoms with Gasteiger partial charge in [-0.1, -0.05) is 30.7 Å². The first kappa shape index (κ1) is 22.6. The molecule has 2 aromatic carbocycles. The molecule has 1 heterocycles. The number of benzene rings is 2. The van der Waals surface area contributed by atoms with Gasteiger partial charge in [0.2, 0.25) is 0 Å². The second kappa shape index (κ2) is 9.79. The van der Waals surface area contributed by atoms with Crippen LogP contribution < -0.4 is 4.74 Å². The number of esters is 1. The van der Waals surface area contributed by atoms with Crippen molar-refractivity contribution >= 4 is 23.4 Å². The van der Waals surface area contributed by atoms with Gasteiger partial charge in [0, 0.05) is 23.1 Å². The fraction of sp³-hybridized carbons (Fsp3) is 0.292. The summed E-state index contributed by atoms with van der Waals surface area (Å²) in [6.45, 7) is 3.78. The van der Waals surface area contributed by atoms with E-state index in [0.717, 1.165) is 22.6 Å². The summed E-state index contributed by atoms with van der Waals surface area (Å²) in [6, 6.07) is 14.5. The first-order valence-electron chi connectivity index (χ1n) is 9.94. The van der Waals surface area contributed by atoms with E-state index in [1.165, 1.54) is 14.2 Å². The number of methoxy groups -OCH3 is 2. The largest absolute Gasteiger partial charge is 0.496 e. The van der Waals surface area contributed by atoms with Crippen molar-refractivity contribution in [3.05, 3.63) is 76.1 Å². The van der Waals surface area contributed by atoms with Crippen LogP contribution in [0.3, 0.4) is 0 Å². The first-order valence-corrected chi connectivity index (χ1v) is 10.3. The number of aromatic nitrogens is 2. The van der Waals surface area contributed by atoms with Crippen molar-refractivity contribution < 1.29 is 19.1 Å². The van der Waals surface area contributed by atoms with Crippen LogP contribution in [-0.4, -0.2) is 35.8 Å². The predicted octanol–water partition coefficient (Wildman–Crippen LogP) is 4.93. The third-order valence-corrected chi connectivity index (χ3v) is 5.43. The Morgan fingerprint density at radius 3 is 2.58 bits per heavy atom. The molecule has 0 fully saturated rings. The molecule has 0 bridgehead atoms. The number of carbonyl (C=O) groups excluding carboxylic acids is 2. The molecular weight excluding hydrogens is 416 g/mol. The highest BCUT2D eigenvalue weighted by Gasteiger charge is 2.20. The van der Waals surface area contributed by atoms with Gasteiger partial charge in [0.05, 0.1) is 25.6 Å². The summed E-state index contributed by atoms with van der Waals surface area (Å²) in [7, 11) is 2.80. The maximum atomic E-state index is 12.9. The van der Waals surface area contributed by atoms with Gasteiger partial charge in [-0.3, -0.25) is 4.79 Å². The monoisotopic (exact) mass is 440 g/mol. The Kier molecular flexibility index (Phi) is 7.13. The molecule has 0 saturated carbocycles. The lowest BCUT2D eigenvalue weighted by atomic mass is 9.92. The minimum absolute atomic E-state index is 0.0874. The van der Waals surface area contributed by atoms with Crippen LogP contribution in [0.2, 0.25) is 5.02 Å². The van der Waals surface area contributed by atoms with Crippen LogP contribution in [0.4, 0.5) is 0 Å². The van der Waals surface area contributed by atoms with Gasteiger partial charge in [0.25, 0.3) is 0 Å². The average Bonchev–Trinajstić information content (AvgIpc) is 3.16. The number of carbonyl (C=O) groups is 2. The minimum atomic E-state index is -0.480. The Morgan fingerprint density at radius 2 is 1.90 bits per heavy atom. The van der Waals surface area contributed by atoms with Crippen molar-refractivity contribution in [3.8, 4) is 11.4 Å². The maximum absolute atomic E-state index is 12.9. The van der Waals surface area contributed by atoms with E-state index in [9.17, 15) is 9.59 Å². The Balaban J connectivity index is 1.75. The lowest BCUT2D eigenvalue weighted by Crippen LogP contribution is -2.13. The Hall–Kier alpha value is -3.12. The number of ketones is 1. The van der Waals surface area contributed by atoms with Crippen molar-refractivity contribution in [1.82, 2.24) is 9.78 Å². The zero-order valence-corrected chi connectivity index (χ0v) is 18.8. The summed E-state index contributed by atoms with van der Waals surface area (Å²) in [4.78, 5) is 24.8. The normalized spacial score (nSPS) is 11.8. The fourth-order valence-corrected chi connectivity index (χ4v) is 3.66. The number of rotatable bonds is 8. The van der Waals surface area contributed by atoms with Gasteiger partial charge in [-0.25, -0.2) is 9.48 Å². The van der Waals surface area contributed by atoms with Crippen LogP contribution in [-0.2, 0) is 16.0 Å². The minimum Gasteiger partial charge on any atom is -0.496 e. The standard InChI is InChI=1S/C24H25ClN2O4/c1-15-12-20(27(26-15)19-7-5-6-18(25)14-19)9-11-22(28)16(2)17-8-10-21(24(29)31-4)23(13-17)30-3/h5-8,10,12-14,16H,9,11H2,1-4H3. The number of ether oxygens (including phenoxy) is 2. The highest BCUT2D eigenvalue weighted by molar-refractivity contribution is 6.30. The topological polar surface area (TPSA) is 70.4 Å². The number of hydrogen-bond acceptors (Lipinski definition) is 5. The number of Topliss-reactive ketones (excluding diaryl/α,β-unsaturated/α-hetero) is 1. The van der Waals surface area contributed by atoms with E-state index >= 15 is 0 Å². The molecule has 6 nitrogen and oxygen atoms in total. The molecule has 3 aromatic rings. The molecule has 0 amide bonds. The third kappa shape index (κ3) is 5.14. The van der Waals surface area contributed by atoms with Gasteiger partial charge in [-0.05, 0) is 55.3 Å². The zero-order chi connectivity index (χ0) is 22.5. The SMILES string of the molecule is COC(=O)c1ccc(C(C)C(=O)CCc2cc(C)nn2-c2cccc(Cl)c2)cc1OC. The molecule has 0 aliphatic heterocycles. The summed E-state index contributed by atoms with van der Waals surface area (Å²) in [5.41, 5.74) is 3.79. The molecule has 1 aromatic heterocycles. The van der Waals surface area contributed by atoms with E-state index < -0.39 is 5.97 Å². The number of nitrogens with zero attached hydrogens (tertiary/aromatic N) is 2. The molecule has 1 atom stereocenters. The molecule has 0 radical (unpaired) electrons. The van der Waals surface area contributed by atoms with Gasteiger partial charge in [-0.2, -0.15) is 5.10 Å². The van der Waals surface area contributed by atoms with Gasteiger partial charge in [0.15, 0.2) is 0 Å². The Bertz CT molecular complexity index is 1110.